The fraction of sp³-hybridized carbons (Fsp3) is 0.105. The maximum Gasteiger partial charge on any atom is 0.346 e. The molecule has 0 atom stereocenters. The van der Waals surface area contributed by atoms with Gasteiger partial charge in [0.2, 0.25) is 0 Å². The Balaban J connectivity index is 1.90. The lowest BCUT2D eigenvalue weighted by atomic mass is 10.0. The highest BCUT2D eigenvalue weighted by Crippen LogP contribution is 2.28. The van der Waals surface area contributed by atoms with Crippen LogP contribution in [-0.2, 0) is 6.54 Å². The molecule has 0 unspecified atom stereocenters. The SMILES string of the molecule is CN(Cc1cccc2ccccc12)C(=O)c1ccc([N+](=O)[O-])c([N+](=O)[O-])c1. The first-order valence-corrected chi connectivity index (χ1v) is 8.03. The number of hydrogen-bond donors (Lipinski definition) is 0. The summed E-state index contributed by atoms with van der Waals surface area (Å²) >= 11 is 0. The van der Waals surface area contributed by atoms with Gasteiger partial charge >= 0.3 is 11.4 Å². The highest BCUT2D eigenvalue weighted by Gasteiger charge is 2.26. The number of hydrogen-bond acceptors (Lipinski definition) is 5. The van der Waals surface area contributed by atoms with Gasteiger partial charge in [-0.2, -0.15) is 0 Å². The molecule has 27 heavy (non-hydrogen) atoms. The van der Waals surface area contributed by atoms with Gasteiger partial charge in [-0.1, -0.05) is 42.5 Å². The van der Waals surface area contributed by atoms with E-state index in [2.05, 4.69) is 0 Å². The van der Waals surface area contributed by atoms with Crippen LogP contribution in [0.1, 0.15) is 15.9 Å². The second kappa shape index (κ2) is 7.20. The molecule has 0 aliphatic rings. The lowest BCUT2D eigenvalue weighted by Gasteiger charge is -2.18. The van der Waals surface area contributed by atoms with Gasteiger partial charge in [0.15, 0.2) is 0 Å². The second-order valence-electron chi connectivity index (χ2n) is 6.02. The summed E-state index contributed by atoms with van der Waals surface area (Å²) in [4.78, 5) is 34.4. The molecule has 8 heteroatoms. The highest BCUT2D eigenvalue weighted by atomic mass is 16.6. The Morgan fingerprint density at radius 2 is 1.59 bits per heavy atom. The minimum atomic E-state index is -0.861. The van der Waals surface area contributed by atoms with Crippen LogP contribution < -0.4 is 0 Å². The van der Waals surface area contributed by atoms with Crippen LogP contribution in [0.3, 0.4) is 0 Å². The maximum absolute atomic E-state index is 12.7. The minimum absolute atomic E-state index is 0.0232. The molecule has 0 heterocycles. The van der Waals surface area contributed by atoms with Crippen LogP contribution in [0.2, 0.25) is 0 Å². The minimum Gasteiger partial charge on any atom is -0.337 e. The van der Waals surface area contributed by atoms with Crippen LogP contribution in [-0.4, -0.2) is 27.7 Å². The summed E-state index contributed by atoms with van der Waals surface area (Å²) in [5, 5.41) is 24.0. The smallest absolute Gasteiger partial charge is 0.337 e. The number of carbonyl (C=O) groups excluding carboxylic acids is 1. The van der Waals surface area contributed by atoms with Gasteiger partial charge in [-0.15, -0.1) is 0 Å². The molecule has 3 aromatic rings. The van der Waals surface area contributed by atoms with Gasteiger partial charge in [0.05, 0.1) is 9.85 Å². The van der Waals surface area contributed by atoms with Crippen LogP contribution in [0.15, 0.2) is 60.7 Å². The van der Waals surface area contributed by atoms with Crippen molar-refractivity contribution in [3.63, 3.8) is 0 Å². The van der Waals surface area contributed by atoms with E-state index >= 15 is 0 Å². The zero-order chi connectivity index (χ0) is 19.6. The van der Waals surface area contributed by atoms with E-state index in [1.807, 2.05) is 42.5 Å². The van der Waals surface area contributed by atoms with Crippen LogP contribution in [0.25, 0.3) is 10.8 Å². The monoisotopic (exact) mass is 365 g/mol. The zero-order valence-corrected chi connectivity index (χ0v) is 14.4. The Morgan fingerprint density at radius 1 is 0.926 bits per heavy atom. The summed E-state index contributed by atoms with van der Waals surface area (Å²) in [5.74, 6) is -0.457. The van der Waals surface area contributed by atoms with Crippen LogP contribution in [0, 0.1) is 20.2 Å². The zero-order valence-electron chi connectivity index (χ0n) is 14.4. The molecule has 0 N–H and O–H groups in total. The topological polar surface area (TPSA) is 107 Å². The van der Waals surface area contributed by atoms with Crippen molar-refractivity contribution >= 4 is 28.1 Å². The summed E-state index contributed by atoms with van der Waals surface area (Å²) in [7, 11) is 1.58. The number of nitro benzene ring substituents is 2. The molecule has 0 aromatic heterocycles. The van der Waals surface area contributed by atoms with Crippen molar-refractivity contribution in [2.24, 2.45) is 0 Å². The van der Waals surface area contributed by atoms with E-state index in [0.29, 0.717) is 6.54 Å². The lowest BCUT2D eigenvalue weighted by Crippen LogP contribution is -2.26. The van der Waals surface area contributed by atoms with E-state index in [0.717, 1.165) is 28.5 Å². The average Bonchev–Trinajstić information content (AvgIpc) is 2.67. The van der Waals surface area contributed by atoms with Crippen LogP contribution in [0.5, 0.6) is 0 Å². The Morgan fingerprint density at radius 3 is 2.30 bits per heavy atom. The first kappa shape index (κ1) is 18.0. The molecule has 0 radical (unpaired) electrons. The van der Waals surface area contributed by atoms with E-state index < -0.39 is 27.1 Å². The number of rotatable bonds is 5. The summed E-state index contributed by atoms with van der Waals surface area (Å²) in [5.41, 5.74) is -0.395. The third-order valence-electron chi connectivity index (χ3n) is 4.25. The molecule has 0 aliphatic heterocycles. The van der Waals surface area contributed by atoms with Crippen molar-refractivity contribution in [2.45, 2.75) is 6.54 Å². The third-order valence-corrected chi connectivity index (χ3v) is 4.25. The quantitative estimate of drug-likeness (QED) is 0.503. The number of amides is 1. The standard InChI is InChI=1S/C19H15N3O5/c1-20(12-15-7-4-6-13-5-2-3-8-16(13)15)19(23)14-9-10-17(21(24)25)18(11-14)22(26)27/h2-11H,12H2,1H3. The molecule has 0 spiro atoms. The van der Waals surface area contributed by atoms with Crippen LogP contribution >= 0.6 is 0 Å². The molecule has 0 fully saturated rings. The van der Waals surface area contributed by atoms with Gasteiger partial charge in [0.25, 0.3) is 5.91 Å². The molecule has 1 amide bonds. The normalized spacial score (nSPS) is 10.6. The van der Waals surface area contributed by atoms with Gasteiger partial charge in [-0.3, -0.25) is 25.0 Å². The lowest BCUT2D eigenvalue weighted by molar-refractivity contribution is -0.422. The van der Waals surface area contributed by atoms with Crippen molar-refractivity contribution in [2.75, 3.05) is 7.05 Å². The Bertz CT molecular complexity index is 1060. The first-order valence-electron chi connectivity index (χ1n) is 8.03. The number of carbonyl (C=O) groups is 1. The molecule has 3 aromatic carbocycles. The van der Waals surface area contributed by atoms with E-state index in [4.69, 9.17) is 0 Å². The number of nitrogens with zero attached hydrogens (tertiary/aromatic N) is 3. The van der Waals surface area contributed by atoms with E-state index in [1.165, 1.54) is 11.0 Å². The van der Waals surface area contributed by atoms with Crippen molar-refractivity contribution < 1.29 is 14.6 Å². The predicted octanol–water partition coefficient (Wildman–Crippen LogP) is 3.93. The molecule has 8 nitrogen and oxygen atoms in total. The van der Waals surface area contributed by atoms with E-state index in [-0.39, 0.29) is 5.56 Å². The largest absolute Gasteiger partial charge is 0.346 e. The molecule has 0 saturated heterocycles. The van der Waals surface area contributed by atoms with Crippen molar-refractivity contribution in [1.29, 1.82) is 0 Å². The fourth-order valence-corrected chi connectivity index (χ4v) is 2.94. The average molecular weight is 365 g/mol. The van der Waals surface area contributed by atoms with Gasteiger partial charge in [-0.25, -0.2) is 0 Å². The van der Waals surface area contributed by atoms with Gasteiger partial charge < -0.3 is 4.90 Å². The first-order chi connectivity index (χ1) is 12.9. The number of fused-ring (bicyclic) bond motifs is 1. The summed E-state index contributed by atoms with van der Waals surface area (Å²) in [6, 6.07) is 16.7. The third kappa shape index (κ3) is 3.59. The van der Waals surface area contributed by atoms with Crippen molar-refractivity contribution in [3.8, 4) is 0 Å². The van der Waals surface area contributed by atoms with E-state index in [9.17, 15) is 25.0 Å². The number of nitro groups is 2. The van der Waals surface area contributed by atoms with Crippen molar-refractivity contribution in [1.82, 2.24) is 4.90 Å². The summed E-state index contributed by atoms with van der Waals surface area (Å²) in [6.45, 7) is 0.297. The van der Waals surface area contributed by atoms with E-state index in [1.54, 1.807) is 7.05 Å². The summed E-state index contributed by atoms with van der Waals surface area (Å²) in [6.07, 6.45) is 0. The maximum atomic E-state index is 12.7. The predicted molar refractivity (Wildman–Crippen MR) is 99.5 cm³/mol. The molecular weight excluding hydrogens is 350 g/mol. The fourth-order valence-electron chi connectivity index (χ4n) is 2.94. The van der Waals surface area contributed by atoms with Crippen molar-refractivity contribution in [3.05, 3.63) is 92.0 Å². The molecule has 0 saturated carbocycles. The molecule has 0 bridgehead atoms. The van der Waals surface area contributed by atoms with Gasteiger partial charge in [0.1, 0.15) is 0 Å². The Kier molecular flexibility index (Phi) is 4.80. The molecule has 136 valence electrons. The summed E-state index contributed by atoms with van der Waals surface area (Å²) < 4.78 is 0. The Hall–Kier alpha value is -3.81. The highest BCUT2D eigenvalue weighted by molar-refractivity contribution is 5.95. The second-order valence-corrected chi connectivity index (χ2v) is 6.02. The molecular formula is C19H15N3O5. The molecule has 3 rings (SSSR count). The number of benzene rings is 3. The Labute approximate surface area is 153 Å². The van der Waals surface area contributed by atoms with Crippen LogP contribution in [0.4, 0.5) is 11.4 Å². The van der Waals surface area contributed by atoms with Gasteiger partial charge in [0, 0.05) is 31.3 Å². The molecule has 0 aliphatic carbocycles. The van der Waals surface area contributed by atoms with Gasteiger partial charge in [-0.05, 0) is 22.4 Å².